The van der Waals surface area contributed by atoms with Crippen molar-refractivity contribution in [2.24, 2.45) is 10.9 Å². The lowest BCUT2D eigenvalue weighted by atomic mass is 10.1. The molecule has 0 fully saturated rings. The first-order valence-electron chi connectivity index (χ1n) is 9.26. The number of oxime groups is 1. The number of halogens is 1. The molecule has 1 aromatic carbocycles. The fraction of sp³-hybridized carbons (Fsp3) is 0.450. The standard InChI is InChI=1S/C16H25BrN2O3.C4H4O4/c1-20-12-13-21-10-3-2-4-16(19-22-11-9-18)14-5-7-15(17)8-6-14;5-3(6)1-2-4(7)8/h5-8H,2-4,9-13,18H2,1H3;1-2H,(H,5,6)(H,7,8). The summed E-state index contributed by atoms with van der Waals surface area (Å²) < 4.78 is 11.4. The van der Waals surface area contributed by atoms with Crippen molar-refractivity contribution in [3.8, 4) is 0 Å². The summed E-state index contributed by atoms with van der Waals surface area (Å²) in [6.07, 6.45) is 3.94. The average molecular weight is 489 g/mol. The van der Waals surface area contributed by atoms with Crippen LogP contribution in [0.15, 0.2) is 46.0 Å². The second kappa shape index (κ2) is 18.7. The fourth-order valence-electron chi connectivity index (χ4n) is 1.94. The van der Waals surface area contributed by atoms with Gasteiger partial charge in [0, 0.05) is 36.9 Å². The van der Waals surface area contributed by atoms with Crippen LogP contribution in [0.2, 0.25) is 0 Å². The van der Waals surface area contributed by atoms with Gasteiger partial charge >= 0.3 is 11.9 Å². The Morgan fingerprint density at radius 2 is 1.67 bits per heavy atom. The van der Waals surface area contributed by atoms with Gasteiger partial charge in [-0.2, -0.15) is 0 Å². The summed E-state index contributed by atoms with van der Waals surface area (Å²) >= 11 is 3.44. The van der Waals surface area contributed by atoms with Gasteiger partial charge in [-0.1, -0.05) is 33.2 Å². The quantitative estimate of drug-likeness (QED) is 0.157. The Labute approximate surface area is 184 Å². The highest BCUT2D eigenvalue weighted by atomic mass is 79.9. The van der Waals surface area contributed by atoms with Crippen LogP contribution in [0.1, 0.15) is 24.8 Å². The number of ether oxygens (including phenoxy) is 2. The molecule has 0 spiro atoms. The molecule has 10 heteroatoms. The van der Waals surface area contributed by atoms with Crippen LogP contribution in [0.3, 0.4) is 0 Å². The van der Waals surface area contributed by atoms with Crippen molar-refractivity contribution in [3.63, 3.8) is 0 Å². The van der Waals surface area contributed by atoms with E-state index in [0.29, 0.717) is 38.5 Å². The van der Waals surface area contributed by atoms with Gasteiger partial charge < -0.3 is 30.3 Å². The molecule has 9 nitrogen and oxygen atoms in total. The molecule has 0 atom stereocenters. The van der Waals surface area contributed by atoms with E-state index >= 15 is 0 Å². The lowest BCUT2D eigenvalue weighted by Crippen LogP contribution is -2.09. The maximum absolute atomic E-state index is 9.55. The average Bonchev–Trinajstić information content (AvgIpc) is 2.71. The molecule has 0 bridgehead atoms. The number of aliphatic carboxylic acids is 2. The van der Waals surface area contributed by atoms with Gasteiger partial charge in [-0.3, -0.25) is 0 Å². The smallest absolute Gasteiger partial charge is 0.328 e. The van der Waals surface area contributed by atoms with Gasteiger partial charge in [0.05, 0.1) is 18.9 Å². The van der Waals surface area contributed by atoms with Crippen LogP contribution >= 0.6 is 15.9 Å². The molecule has 0 aliphatic heterocycles. The molecular weight excluding hydrogens is 460 g/mol. The molecule has 1 rings (SSSR count). The summed E-state index contributed by atoms with van der Waals surface area (Å²) in [4.78, 5) is 24.4. The van der Waals surface area contributed by atoms with Crippen molar-refractivity contribution in [3.05, 3.63) is 46.5 Å². The number of hydrogen-bond acceptors (Lipinski definition) is 7. The SMILES string of the molecule is COCCOCCCCC(=NOCCN)c1ccc(Br)cc1.O=C(O)C=CC(=O)O. The van der Waals surface area contributed by atoms with Crippen LogP contribution in [-0.2, 0) is 23.9 Å². The Morgan fingerprint density at radius 3 is 2.20 bits per heavy atom. The van der Waals surface area contributed by atoms with E-state index in [-0.39, 0.29) is 0 Å². The minimum Gasteiger partial charge on any atom is -0.478 e. The second-order valence-corrected chi connectivity index (χ2v) is 6.65. The number of carboxylic acids is 2. The van der Waals surface area contributed by atoms with Crippen LogP contribution in [0.4, 0.5) is 0 Å². The molecule has 0 heterocycles. The fourth-order valence-corrected chi connectivity index (χ4v) is 2.21. The van der Waals surface area contributed by atoms with E-state index in [1.807, 2.05) is 24.3 Å². The van der Waals surface area contributed by atoms with Crippen LogP contribution in [-0.4, -0.2) is 67.9 Å². The van der Waals surface area contributed by atoms with E-state index in [4.69, 9.17) is 30.3 Å². The Hall–Kier alpha value is -2.27. The van der Waals surface area contributed by atoms with Crippen molar-refractivity contribution in [1.82, 2.24) is 0 Å². The van der Waals surface area contributed by atoms with E-state index in [1.165, 1.54) is 0 Å². The molecule has 168 valence electrons. The van der Waals surface area contributed by atoms with Crippen molar-refractivity contribution < 1.29 is 34.1 Å². The van der Waals surface area contributed by atoms with Crippen molar-refractivity contribution in [1.29, 1.82) is 0 Å². The number of hydrogen-bond donors (Lipinski definition) is 3. The van der Waals surface area contributed by atoms with Crippen LogP contribution in [0, 0.1) is 0 Å². The van der Waals surface area contributed by atoms with Gasteiger partial charge in [-0.25, -0.2) is 9.59 Å². The van der Waals surface area contributed by atoms with E-state index in [2.05, 4.69) is 21.1 Å². The topological polar surface area (TPSA) is 141 Å². The molecule has 0 aliphatic rings. The normalized spacial score (nSPS) is 11.1. The van der Waals surface area contributed by atoms with Crippen LogP contribution in [0.5, 0.6) is 0 Å². The zero-order valence-electron chi connectivity index (χ0n) is 17.0. The highest BCUT2D eigenvalue weighted by Gasteiger charge is 2.05. The third kappa shape index (κ3) is 16.7. The number of nitrogens with zero attached hydrogens (tertiary/aromatic N) is 1. The molecule has 0 aromatic heterocycles. The minimum absolute atomic E-state index is 0.431. The number of carbonyl (C=O) groups is 2. The Balaban J connectivity index is 0.000000890. The number of methoxy groups -OCH3 is 1. The Morgan fingerprint density at radius 1 is 1.03 bits per heavy atom. The molecule has 0 saturated carbocycles. The highest BCUT2D eigenvalue weighted by molar-refractivity contribution is 9.10. The third-order valence-corrected chi connectivity index (χ3v) is 3.84. The molecule has 0 radical (unpaired) electrons. The summed E-state index contributed by atoms with van der Waals surface area (Å²) in [7, 11) is 1.67. The van der Waals surface area contributed by atoms with E-state index in [0.717, 1.165) is 41.6 Å². The summed E-state index contributed by atoms with van der Waals surface area (Å²) in [5.74, 6) is -2.51. The molecule has 0 aliphatic carbocycles. The molecular formula is C20H29BrN2O7. The van der Waals surface area contributed by atoms with E-state index < -0.39 is 11.9 Å². The van der Waals surface area contributed by atoms with Gasteiger partial charge in [-0.05, 0) is 37.0 Å². The van der Waals surface area contributed by atoms with Gasteiger partial charge in [-0.15, -0.1) is 0 Å². The first-order valence-corrected chi connectivity index (χ1v) is 10.1. The third-order valence-electron chi connectivity index (χ3n) is 3.31. The predicted molar refractivity (Wildman–Crippen MR) is 117 cm³/mol. The number of carboxylic acid groups (broad SMARTS) is 2. The highest BCUT2D eigenvalue weighted by Crippen LogP contribution is 2.14. The number of benzene rings is 1. The molecule has 30 heavy (non-hydrogen) atoms. The zero-order valence-corrected chi connectivity index (χ0v) is 18.5. The first-order chi connectivity index (χ1) is 14.4. The Kier molecular flexibility index (Phi) is 17.3. The molecule has 4 N–H and O–H groups in total. The van der Waals surface area contributed by atoms with E-state index in [9.17, 15) is 9.59 Å². The molecule has 0 amide bonds. The summed E-state index contributed by atoms with van der Waals surface area (Å²) in [6, 6.07) is 8.07. The first kappa shape index (κ1) is 27.7. The van der Waals surface area contributed by atoms with Gasteiger partial charge in [0.1, 0.15) is 6.61 Å². The maximum atomic E-state index is 9.55. The van der Waals surface area contributed by atoms with Gasteiger partial charge in [0.15, 0.2) is 0 Å². The number of rotatable bonds is 14. The summed E-state index contributed by atoms with van der Waals surface area (Å²) in [6.45, 7) is 2.91. The number of unbranched alkanes of at least 4 members (excludes halogenated alkanes) is 1. The lowest BCUT2D eigenvalue weighted by molar-refractivity contribution is -0.134. The van der Waals surface area contributed by atoms with Crippen molar-refractivity contribution >= 4 is 33.6 Å². The second-order valence-electron chi connectivity index (χ2n) is 5.74. The van der Waals surface area contributed by atoms with Gasteiger partial charge in [0.2, 0.25) is 0 Å². The predicted octanol–water partition coefficient (Wildman–Crippen LogP) is 2.67. The van der Waals surface area contributed by atoms with Crippen molar-refractivity contribution in [2.45, 2.75) is 19.3 Å². The molecule has 0 saturated heterocycles. The summed E-state index contributed by atoms with van der Waals surface area (Å²) in [5.41, 5.74) is 7.44. The maximum Gasteiger partial charge on any atom is 0.328 e. The minimum atomic E-state index is -1.26. The lowest BCUT2D eigenvalue weighted by Gasteiger charge is -2.08. The zero-order chi connectivity index (χ0) is 22.6. The largest absolute Gasteiger partial charge is 0.478 e. The number of nitrogens with two attached hydrogens (primary N) is 1. The molecule has 0 unspecified atom stereocenters. The van der Waals surface area contributed by atoms with Crippen LogP contribution < -0.4 is 5.73 Å². The van der Waals surface area contributed by atoms with Crippen molar-refractivity contribution in [2.75, 3.05) is 40.1 Å². The monoisotopic (exact) mass is 488 g/mol. The van der Waals surface area contributed by atoms with Crippen LogP contribution in [0.25, 0.3) is 0 Å². The van der Waals surface area contributed by atoms with Gasteiger partial charge in [0.25, 0.3) is 0 Å². The summed E-state index contributed by atoms with van der Waals surface area (Å²) in [5, 5.41) is 19.8. The Bertz CT molecular complexity index is 648. The van der Waals surface area contributed by atoms with E-state index in [1.54, 1.807) is 7.11 Å². The molecule has 1 aromatic rings.